The lowest BCUT2D eigenvalue weighted by Gasteiger charge is -2.03. The van der Waals surface area contributed by atoms with Gasteiger partial charge < -0.3 is 5.73 Å². The van der Waals surface area contributed by atoms with Crippen molar-refractivity contribution in [2.24, 2.45) is 0 Å². The number of nitrogen functional groups attached to an aromatic ring is 1. The second-order valence-electron chi connectivity index (χ2n) is 4.26. The molecule has 2 N–H and O–H groups in total. The summed E-state index contributed by atoms with van der Waals surface area (Å²) in [5, 5.41) is 1.91. The molecule has 0 aliphatic heterocycles. The molecule has 2 aromatic heterocycles. The van der Waals surface area contributed by atoms with E-state index in [9.17, 15) is 0 Å². The predicted molar refractivity (Wildman–Crippen MR) is 72.4 cm³/mol. The van der Waals surface area contributed by atoms with Crippen molar-refractivity contribution in [3.8, 4) is 11.3 Å². The van der Waals surface area contributed by atoms with Crippen LogP contribution in [0.2, 0.25) is 0 Å². The van der Waals surface area contributed by atoms with E-state index in [4.69, 9.17) is 5.73 Å². The molecule has 3 nitrogen and oxygen atoms in total. The monoisotopic (exact) mass is 243 g/mol. The highest BCUT2D eigenvalue weighted by Gasteiger charge is 2.09. The number of aromatic nitrogens is 2. The van der Waals surface area contributed by atoms with Crippen LogP contribution in [0.3, 0.4) is 0 Å². The number of fused-ring (bicyclic) bond motifs is 1. The summed E-state index contributed by atoms with van der Waals surface area (Å²) in [6.07, 6.45) is 2.00. The quantitative estimate of drug-likeness (QED) is 0.713. The Morgan fingerprint density at radius 3 is 2.88 bits per heavy atom. The van der Waals surface area contributed by atoms with Crippen LogP contribution in [0.1, 0.15) is 11.1 Å². The Bertz CT molecular complexity index is 694. The summed E-state index contributed by atoms with van der Waals surface area (Å²) in [4.78, 5) is 5.55. The van der Waals surface area contributed by atoms with Gasteiger partial charge in [-0.1, -0.05) is 17.7 Å². The van der Waals surface area contributed by atoms with Crippen molar-refractivity contribution in [1.29, 1.82) is 0 Å². The van der Waals surface area contributed by atoms with E-state index < -0.39 is 0 Å². The van der Waals surface area contributed by atoms with Gasteiger partial charge in [0.05, 0.1) is 5.69 Å². The fourth-order valence-electron chi connectivity index (χ4n) is 1.94. The van der Waals surface area contributed by atoms with Crippen molar-refractivity contribution in [3.63, 3.8) is 0 Å². The fourth-order valence-corrected chi connectivity index (χ4v) is 2.71. The number of anilines is 1. The molecule has 0 atom stereocenters. The second-order valence-corrected chi connectivity index (χ2v) is 5.09. The van der Waals surface area contributed by atoms with Gasteiger partial charge in [0.15, 0.2) is 4.96 Å². The number of nitrogens with zero attached hydrogens (tertiary/aromatic N) is 2. The van der Waals surface area contributed by atoms with Crippen LogP contribution in [0, 0.1) is 13.8 Å². The summed E-state index contributed by atoms with van der Waals surface area (Å²) < 4.78 is 1.93. The molecule has 3 rings (SSSR count). The normalized spacial score (nSPS) is 11.2. The number of imidazole rings is 1. The maximum absolute atomic E-state index is 5.87. The molecule has 1 aromatic carbocycles. The first-order valence-electron chi connectivity index (χ1n) is 5.45. The Balaban J connectivity index is 2.23. The molecule has 0 unspecified atom stereocenters. The van der Waals surface area contributed by atoms with Crippen LogP contribution in [0.15, 0.2) is 29.8 Å². The van der Waals surface area contributed by atoms with Gasteiger partial charge in [-0.05, 0) is 25.5 Å². The molecular weight excluding hydrogens is 230 g/mol. The van der Waals surface area contributed by atoms with Crippen molar-refractivity contribution in [2.45, 2.75) is 13.8 Å². The average Bonchev–Trinajstić information content (AvgIpc) is 2.85. The van der Waals surface area contributed by atoms with E-state index in [1.54, 1.807) is 11.3 Å². The van der Waals surface area contributed by atoms with Gasteiger partial charge >= 0.3 is 0 Å². The molecule has 0 radical (unpaired) electrons. The fraction of sp³-hybridized carbons (Fsp3) is 0.154. The van der Waals surface area contributed by atoms with Gasteiger partial charge in [0, 0.05) is 17.1 Å². The highest BCUT2D eigenvalue weighted by molar-refractivity contribution is 7.15. The molecule has 0 saturated heterocycles. The summed E-state index contributed by atoms with van der Waals surface area (Å²) in [5.74, 6) is 0.744. The lowest BCUT2D eigenvalue weighted by atomic mass is 10.0. The Morgan fingerprint density at radius 1 is 1.29 bits per heavy atom. The minimum Gasteiger partial charge on any atom is -0.384 e. The molecule has 86 valence electrons. The van der Waals surface area contributed by atoms with E-state index >= 15 is 0 Å². The molecule has 4 heteroatoms. The average molecular weight is 243 g/mol. The summed E-state index contributed by atoms with van der Waals surface area (Å²) in [6.45, 7) is 4.20. The first-order valence-corrected chi connectivity index (χ1v) is 6.33. The van der Waals surface area contributed by atoms with Gasteiger partial charge in [0.1, 0.15) is 5.82 Å². The first-order chi connectivity index (χ1) is 8.15. The zero-order chi connectivity index (χ0) is 12.0. The summed E-state index contributed by atoms with van der Waals surface area (Å²) in [7, 11) is 0. The maximum atomic E-state index is 5.87. The van der Waals surface area contributed by atoms with E-state index in [1.165, 1.54) is 16.7 Å². The second kappa shape index (κ2) is 3.60. The molecule has 3 aromatic rings. The molecule has 0 aliphatic rings. The van der Waals surface area contributed by atoms with Crippen LogP contribution in [-0.4, -0.2) is 9.38 Å². The Labute approximate surface area is 104 Å². The van der Waals surface area contributed by atoms with E-state index in [-0.39, 0.29) is 0 Å². The Kier molecular flexibility index (Phi) is 2.19. The minimum absolute atomic E-state index is 0.744. The number of hydrogen-bond acceptors (Lipinski definition) is 3. The molecule has 0 amide bonds. The third kappa shape index (κ3) is 1.61. The first kappa shape index (κ1) is 10.4. The number of aryl methyl sites for hydroxylation is 2. The predicted octanol–water partition coefficient (Wildman–Crippen LogP) is 3.26. The van der Waals surface area contributed by atoms with Crippen LogP contribution >= 0.6 is 11.3 Å². The van der Waals surface area contributed by atoms with Gasteiger partial charge in [-0.2, -0.15) is 0 Å². The zero-order valence-electron chi connectivity index (χ0n) is 9.77. The SMILES string of the molecule is Cc1ccc(C)c(-c2cn3c(N)csc3n2)c1. The summed E-state index contributed by atoms with van der Waals surface area (Å²) in [6, 6.07) is 6.41. The van der Waals surface area contributed by atoms with Crippen molar-refractivity contribution in [2.75, 3.05) is 5.73 Å². The molecule has 0 fully saturated rings. The molecule has 0 saturated carbocycles. The zero-order valence-corrected chi connectivity index (χ0v) is 10.6. The van der Waals surface area contributed by atoms with E-state index in [0.29, 0.717) is 0 Å². The van der Waals surface area contributed by atoms with Crippen molar-refractivity contribution in [3.05, 3.63) is 40.9 Å². The minimum atomic E-state index is 0.744. The van der Waals surface area contributed by atoms with E-state index in [0.717, 1.165) is 16.5 Å². The molecule has 2 heterocycles. The Morgan fingerprint density at radius 2 is 2.12 bits per heavy atom. The number of thiazole rings is 1. The summed E-state index contributed by atoms with van der Waals surface area (Å²) >= 11 is 1.57. The number of nitrogens with two attached hydrogens (primary N) is 1. The number of rotatable bonds is 1. The lowest BCUT2D eigenvalue weighted by Crippen LogP contribution is -1.88. The molecule has 0 spiro atoms. The van der Waals surface area contributed by atoms with Gasteiger partial charge in [0.25, 0.3) is 0 Å². The van der Waals surface area contributed by atoms with Crippen LogP contribution in [0.25, 0.3) is 16.2 Å². The molecule has 0 bridgehead atoms. The van der Waals surface area contributed by atoms with Crippen molar-refractivity contribution < 1.29 is 0 Å². The van der Waals surface area contributed by atoms with Crippen LogP contribution in [0.4, 0.5) is 5.82 Å². The van der Waals surface area contributed by atoms with Crippen LogP contribution < -0.4 is 5.73 Å². The smallest absolute Gasteiger partial charge is 0.195 e. The topological polar surface area (TPSA) is 43.3 Å². The van der Waals surface area contributed by atoms with E-state index in [1.807, 2.05) is 16.0 Å². The molecular formula is C13H13N3S. The molecule has 0 aliphatic carbocycles. The van der Waals surface area contributed by atoms with Gasteiger partial charge in [-0.3, -0.25) is 4.40 Å². The maximum Gasteiger partial charge on any atom is 0.195 e. The standard InChI is InChI=1S/C13H13N3S/c1-8-3-4-9(2)10(5-8)11-6-16-12(14)7-17-13(16)15-11/h3-7H,14H2,1-2H3. The van der Waals surface area contributed by atoms with Crippen LogP contribution in [0.5, 0.6) is 0 Å². The van der Waals surface area contributed by atoms with Crippen LogP contribution in [-0.2, 0) is 0 Å². The summed E-state index contributed by atoms with van der Waals surface area (Å²) in [5.41, 5.74) is 10.5. The van der Waals surface area contributed by atoms with Gasteiger partial charge in [0.2, 0.25) is 0 Å². The van der Waals surface area contributed by atoms with Crippen molar-refractivity contribution in [1.82, 2.24) is 9.38 Å². The lowest BCUT2D eigenvalue weighted by molar-refractivity contribution is 1.24. The van der Waals surface area contributed by atoms with E-state index in [2.05, 4.69) is 37.0 Å². The third-order valence-electron chi connectivity index (χ3n) is 2.91. The molecule has 17 heavy (non-hydrogen) atoms. The largest absolute Gasteiger partial charge is 0.384 e. The van der Waals surface area contributed by atoms with Gasteiger partial charge in [-0.25, -0.2) is 4.98 Å². The highest BCUT2D eigenvalue weighted by atomic mass is 32.1. The highest BCUT2D eigenvalue weighted by Crippen LogP contribution is 2.27. The number of benzene rings is 1. The third-order valence-corrected chi connectivity index (χ3v) is 3.76. The van der Waals surface area contributed by atoms with Crippen molar-refractivity contribution >= 4 is 22.1 Å². The van der Waals surface area contributed by atoms with Gasteiger partial charge in [-0.15, -0.1) is 11.3 Å². The Hall–Kier alpha value is -1.81. The number of hydrogen-bond donors (Lipinski definition) is 1.